The minimum Gasteiger partial charge on any atom is -0.380 e. The monoisotopic (exact) mass is 215 g/mol. The summed E-state index contributed by atoms with van der Waals surface area (Å²) in [5.41, 5.74) is 0. The summed E-state index contributed by atoms with van der Waals surface area (Å²) in [7, 11) is 1.69. The molecular formula is C9H14ClN3O. The van der Waals surface area contributed by atoms with Gasteiger partial charge in [0, 0.05) is 13.0 Å². The number of hydrogen-bond donors (Lipinski definition) is 0. The fourth-order valence-electron chi connectivity index (χ4n) is 1.44. The Balaban J connectivity index is 2.16. The fourth-order valence-corrected chi connectivity index (χ4v) is 1.63. The highest BCUT2D eigenvalue weighted by atomic mass is 35.5. The second-order valence-corrected chi connectivity index (χ2v) is 4.10. The van der Waals surface area contributed by atoms with E-state index in [1.807, 2.05) is 11.5 Å². The van der Waals surface area contributed by atoms with Gasteiger partial charge in [-0.1, -0.05) is 0 Å². The quantitative estimate of drug-likeness (QED) is 0.770. The van der Waals surface area contributed by atoms with E-state index in [2.05, 4.69) is 10.2 Å². The highest BCUT2D eigenvalue weighted by molar-refractivity contribution is 6.28. The molecule has 14 heavy (non-hydrogen) atoms. The normalized spacial score (nSPS) is 18.5. The topological polar surface area (TPSA) is 39.9 Å². The lowest BCUT2D eigenvalue weighted by molar-refractivity contribution is 0.102. The van der Waals surface area contributed by atoms with Crippen LogP contribution in [0.25, 0.3) is 0 Å². The third-order valence-corrected chi connectivity index (χ3v) is 2.80. The van der Waals surface area contributed by atoms with E-state index in [1.165, 1.54) is 12.8 Å². The minimum atomic E-state index is 0.140. The molecule has 1 aliphatic rings. The maximum atomic E-state index is 5.95. The molecule has 0 aliphatic heterocycles. The fraction of sp³-hybridized carbons (Fsp3) is 0.778. The van der Waals surface area contributed by atoms with E-state index in [0.29, 0.717) is 11.2 Å². The van der Waals surface area contributed by atoms with Gasteiger partial charge in [-0.05, 0) is 31.4 Å². The van der Waals surface area contributed by atoms with E-state index in [4.69, 9.17) is 16.3 Å². The molecule has 1 aliphatic carbocycles. The summed E-state index contributed by atoms with van der Waals surface area (Å²) in [6.07, 6.45) is 2.55. The number of methoxy groups -OCH3 is 1. The number of aromatic nitrogens is 3. The maximum Gasteiger partial charge on any atom is 0.225 e. The van der Waals surface area contributed by atoms with Gasteiger partial charge in [0.15, 0.2) is 0 Å². The molecule has 4 nitrogen and oxygen atoms in total. The Kier molecular flexibility index (Phi) is 2.74. The van der Waals surface area contributed by atoms with Gasteiger partial charge in [-0.15, -0.1) is 10.2 Å². The van der Waals surface area contributed by atoms with Crippen molar-refractivity contribution >= 4 is 11.6 Å². The highest BCUT2D eigenvalue weighted by Crippen LogP contribution is 2.39. The third-order valence-electron chi connectivity index (χ3n) is 2.52. The number of rotatable bonds is 4. The number of nitrogens with zero attached hydrogens (tertiary/aromatic N) is 3. The summed E-state index contributed by atoms with van der Waals surface area (Å²) < 4.78 is 7.15. The summed E-state index contributed by atoms with van der Waals surface area (Å²) in [5.74, 6) is 1.58. The molecular weight excluding hydrogens is 202 g/mol. The highest BCUT2D eigenvalue weighted by Gasteiger charge is 2.30. The Bertz CT molecular complexity index is 322. The van der Waals surface area contributed by atoms with Gasteiger partial charge in [-0.2, -0.15) is 0 Å². The first kappa shape index (κ1) is 9.93. The van der Waals surface area contributed by atoms with Crippen molar-refractivity contribution in [3.8, 4) is 0 Å². The van der Waals surface area contributed by atoms with Crippen LogP contribution < -0.4 is 0 Å². The van der Waals surface area contributed by atoms with Crippen LogP contribution in [0.3, 0.4) is 0 Å². The van der Waals surface area contributed by atoms with Crippen LogP contribution >= 0.6 is 11.6 Å². The molecule has 0 amide bonds. The Morgan fingerprint density at radius 1 is 1.57 bits per heavy atom. The van der Waals surface area contributed by atoms with Crippen molar-refractivity contribution in [3.63, 3.8) is 0 Å². The summed E-state index contributed by atoms with van der Waals surface area (Å²) in [6, 6.07) is 0. The molecule has 0 bridgehead atoms. The zero-order valence-corrected chi connectivity index (χ0v) is 9.16. The van der Waals surface area contributed by atoms with Crippen LogP contribution in [-0.4, -0.2) is 28.0 Å². The van der Waals surface area contributed by atoms with Crippen LogP contribution in [0.5, 0.6) is 0 Å². The zero-order valence-electron chi connectivity index (χ0n) is 8.40. The summed E-state index contributed by atoms with van der Waals surface area (Å²) in [6.45, 7) is 2.74. The van der Waals surface area contributed by atoms with Crippen molar-refractivity contribution in [1.82, 2.24) is 14.8 Å². The minimum absolute atomic E-state index is 0.140. The molecule has 1 saturated carbocycles. The molecule has 1 fully saturated rings. The largest absolute Gasteiger partial charge is 0.380 e. The predicted octanol–water partition coefficient (Wildman–Crippen LogP) is 1.84. The number of halogens is 1. The first-order valence-electron chi connectivity index (χ1n) is 4.83. The van der Waals surface area contributed by atoms with Gasteiger partial charge in [0.2, 0.25) is 5.28 Å². The van der Waals surface area contributed by atoms with Crippen LogP contribution in [0.15, 0.2) is 0 Å². The van der Waals surface area contributed by atoms with Crippen molar-refractivity contribution < 1.29 is 4.74 Å². The van der Waals surface area contributed by atoms with Gasteiger partial charge in [-0.3, -0.25) is 4.57 Å². The van der Waals surface area contributed by atoms with Gasteiger partial charge in [0.05, 0.1) is 12.6 Å². The standard InChI is InChI=1S/C9H14ClN3O/c1-6(14-2)5-13-8(7-3-4-7)11-12-9(13)10/h6-7H,3-5H2,1-2H3. The molecule has 1 aromatic rings. The molecule has 1 atom stereocenters. The molecule has 0 N–H and O–H groups in total. The molecule has 0 saturated heterocycles. The average molecular weight is 216 g/mol. The Labute approximate surface area is 88.2 Å². The third kappa shape index (κ3) is 1.91. The van der Waals surface area contributed by atoms with E-state index >= 15 is 0 Å². The lowest BCUT2D eigenvalue weighted by Gasteiger charge is -2.12. The van der Waals surface area contributed by atoms with Crippen LogP contribution in [-0.2, 0) is 11.3 Å². The predicted molar refractivity (Wildman–Crippen MR) is 53.5 cm³/mol. The van der Waals surface area contributed by atoms with E-state index in [1.54, 1.807) is 7.11 Å². The second-order valence-electron chi connectivity index (χ2n) is 3.76. The zero-order chi connectivity index (χ0) is 10.1. The van der Waals surface area contributed by atoms with Crippen molar-refractivity contribution in [2.24, 2.45) is 0 Å². The Hall–Kier alpha value is -0.610. The van der Waals surface area contributed by atoms with Crippen molar-refractivity contribution in [2.45, 2.75) is 38.3 Å². The van der Waals surface area contributed by atoms with Gasteiger partial charge in [-0.25, -0.2) is 0 Å². The van der Waals surface area contributed by atoms with Gasteiger partial charge < -0.3 is 4.74 Å². The molecule has 1 heterocycles. The van der Waals surface area contributed by atoms with Crippen LogP contribution in [0, 0.1) is 0 Å². The molecule has 0 radical (unpaired) electrons. The summed E-state index contributed by atoms with van der Waals surface area (Å²) in [4.78, 5) is 0. The van der Waals surface area contributed by atoms with Crippen LogP contribution in [0.4, 0.5) is 0 Å². The first-order chi connectivity index (χ1) is 6.72. The molecule has 0 aromatic carbocycles. The number of hydrogen-bond acceptors (Lipinski definition) is 3. The van der Waals surface area contributed by atoms with E-state index in [0.717, 1.165) is 12.4 Å². The van der Waals surface area contributed by atoms with E-state index in [9.17, 15) is 0 Å². The smallest absolute Gasteiger partial charge is 0.225 e. The molecule has 78 valence electrons. The SMILES string of the molecule is COC(C)Cn1c(Cl)nnc1C1CC1. The second kappa shape index (κ2) is 3.87. The van der Waals surface area contributed by atoms with E-state index in [-0.39, 0.29) is 6.10 Å². The molecule has 1 aromatic heterocycles. The van der Waals surface area contributed by atoms with Crippen molar-refractivity contribution in [2.75, 3.05) is 7.11 Å². The van der Waals surface area contributed by atoms with Crippen LogP contribution in [0.2, 0.25) is 5.28 Å². The average Bonchev–Trinajstić information content (AvgIpc) is 2.95. The molecule has 2 rings (SSSR count). The van der Waals surface area contributed by atoms with E-state index < -0.39 is 0 Å². The molecule has 0 spiro atoms. The lowest BCUT2D eigenvalue weighted by atomic mass is 10.3. The maximum absolute atomic E-state index is 5.95. The summed E-state index contributed by atoms with van der Waals surface area (Å²) >= 11 is 5.95. The Morgan fingerprint density at radius 2 is 2.29 bits per heavy atom. The van der Waals surface area contributed by atoms with Crippen molar-refractivity contribution in [3.05, 3.63) is 11.1 Å². The lowest BCUT2D eigenvalue weighted by Crippen LogP contribution is -2.16. The molecule has 5 heteroatoms. The van der Waals surface area contributed by atoms with Crippen molar-refractivity contribution in [1.29, 1.82) is 0 Å². The van der Waals surface area contributed by atoms with Crippen LogP contribution in [0.1, 0.15) is 31.5 Å². The van der Waals surface area contributed by atoms with Gasteiger partial charge in [0.1, 0.15) is 5.82 Å². The first-order valence-corrected chi connectivity index (χ1v) is 5.21. The Morgan fingerprint density at radius 3 is 2.86 bits per heavy atom. The van der Waals surface area contributed by atoms with Gasteiger partial charge >= 0.3 is 0 Å². The number of ether oxygens (including phenoxy) is 1. The molecule has 1 unspecified atom stereocenters. The van der Waals surface area contributed by atoms with Gasteiger partial charge in [0.25, 0.3) is 0 Å². The summed E-state index contributed by atoms with van der Waals surface area (Å²) in [5, 5.41) is 8.45.